The number of hydrogen-bond donors (Lipinski definition) is 0. The highest BCUT2D eigenvalue weighted by atomic mass is 17.2. The molecule has 4 heteroatoms. The van der Waals surface area contributed by atoms with Crippen molar-refractivity contribution < 1.29 is 19.4 Å². The Hall–Kier alpha value is -3.14. The smallest absolute Gasteiger partial charge is 0.189 e. The Labute approximate surface area is 126 Å². The molecule has 0 aliphatic rings. The Morgan fingerprint density at radius 3 is 2.32 bits per heavy atom. The highest BCUT2D eigenvalue weighted by Crippen LogP contribution is 2.26. The van der Waals surface area contributed by atoms with Gasteiger partial charge in [-0.3, -0.25) is 19.4 Å². The van der Waals surface area contributed by atoms with Crippen molar-refractivity contribution in [2.75, 3.05) is 0 Å². The van der Waals surface area contributed by atoms with E-state index < -0.39 is 0 Å². The van der Waals surface area contributed by atoms with Crippen LogP contribution in [0.3, 0.4) is 0 Å². The van der Waals surface area contributed by atoms with Gasteiger partial charge in [0.25, 0.3) is 0 Å². The number of benzene rings is 3. The van der Waals surface area contributed by atoms with E-state index in [1.165, 1.54) is 12.1 Å². The van der Waals surface area contributed by atoms with E-state index in [1.54, 1.807) is 12.1 Å². The maximum absolute atomic E-state index is 11.1. The SMILES string of the molecule is O=Cc1ccc(OOc2cccc3ccccc23)c(C=O)c1. The first-order valence-corrected chi connectivity index (χ1v) is 6.68. The lowest BCUT2D eigenvalue weighted by Crippen LogP contribution is -2.03. The van der Waals surface area contributed by atoms with Crippen molar-refractivity contribution in [3.05, 3.63) is 71.8 Å². The molecule has 3 rings (SSSR count). The summed E-state index contributed by atoms with van der Waals surface area (Å²) in [5.41, 5.74) is 0.657. The minimum absolute atomic E-state index is 0.254. The van der Waals surface area contributed by atoms with Crippen molar-refractivity contribution in [3.8, 4) is 11.5 Å². The molecule has 0 radical (unpaired) electrons. The zero-order valence-electron chi connectivity index (χ0n) is 11.6. The molecule has 22 heavy (non-hydrogen) atoms. The molecule has 0 aliphatic heterocycles. The number of fused-ring (bicyclic) bond motifs is 1. The lowest BCUT2D eigenvalue weighted by molar-refractivity contribution is -0.0987. The van der Waals surface area contributed by atoms with Gasteiger partial charge in [-0.25, -0.2) is 0 Å². The second kappa shape index (κ2) is 6.10. The maximum Gasteiger partial charge on any atom is 0.189 e. The van der Waals surface area contributed by atoms with E-state index in [9.17, 15) is 9.59 Å². The molecule has 3 aromatic rings. The molecular weight excluding hydrogens is 280 g/mol. The molecule has 0 spiro atoms. The van der Waals surface area contributed by atoms with Crippen LogP contribution in [0.1, 0.15) is 20.7 Å². The van der Waals surface area contributed by atoms with E-state index >= 15 is 0 Å². The fourth-order valence-corrected chi connectivity index (χ4v) is 2.17. The van der Waals surface area contributed by atoms with Crippen LogP contribution in [0, 0.1) is 0 Å². The molecular formula is C18H12O4. The van der Waals surface area contributed by atoms with Crippen molar-refractivity contribution in [3.63, 3.8) is 0 Å². The predicted octanol–water partition coefficient (Wildman–Crippen LogP) is 3.84. The van der Waals surface area contributed by atoms with Crippen molar-refractivity contribution in [2.45, 2.75) is 0 Å². The third-order valence-electron chi connectivity index (χ3n) is 3.27. The van der Waals surface area contributed by atoms with E-state index in [4.69, 9.17) is 9.78 Å². The first kappa shape index (κ1) is 13.8. The first-order valence-electron chi connectivity index (χ1n) is 6.68. The van der Waals surface area contributed by atoms with Crippen LogP contribution in [0.2, 0.25) is 0 Å². The molecule has 108 valence electrons. The molecule has 0 saturated heterocycles. The monoisotopic (exact) mass is 292 g/mol. The lowest BCUT2D eigenvalue weighted by Gasteiger charge is -2.09. The summed E-state index contributed by atoms with van der Waals surface area (Å²) in [6.45, 7) is 0. The summed E-state index contributed by atoms with van der Waals surface area (Å²) in [5.74, 6) is 0.808. The number of rotatable bonds is 5. The molecule has 0 atom stereocenters. The summed E-state index contributed by atoms with van der Waals surface area (Å²) in [6.07, 6.45) is 1.29. The van der Waals surface area contributed by atoms with Crippen LogP contribution in [-0.4, -0.2) is 12.6 Å². The van der Waals surface area contributed by atoms with Gasteiger partial charge < -0.3 is 0 Å². The van der Waals surface area contributed by atoms with E-state index in [-0.39, 0.29) is 11.3 Å². The van der Waals surface area contributed by atoms with Gasteiger partial charge in [0.2, 0.25) is 0 Å². The van der Waals surface area contributed by atoms with Crippen LogP contribution in [0.5, 0.6) is 11.5 Å². The zero-order valence-corrected chi connectivity index (χ0v) is 11.6. The second-order valence-electron chi connectivity index (χ2n) is 4.68. The summed E-state index contributed by atoms with van der Waals surface area (Å²) >= 11 is 0. The summed E-state index contributed by atoms with van der Waals surface area (Å²) in [6, 6.07) is 17.9. The van der Waals surface area contributed by atoms with Crippen molar-refractivity contribution in [2.24, 2.45) is 0 Å². The van der Waals surface area contributed by atoms with Crippen LogP contribution >= 0.6 is 0 Å². The lowest BCUT2D eigenvalue weighted by atomic mass is 10.1. The molecule has 0 amide bonds. The fraction of sp³-hybridized carbons (Fsp3) is 0. The van der Waals surface area contributed by atoms with Crippen LogP contribution in [-0.2, 0) is 0 Å². The Morgan fingerprint density at radius 1 is 0.727 bits per heavy atom. The second-order valence-corrected chi connectivity index (χ2v) is 4.68. The minimum atomic E-state index is 0.254. The maximum atomic E-state index is 11.1. The average Bonchev–Trinajstić information content (AvgIpc) is 2.59. The molecule has 3 aromatic carbocycles. The fourth-order valence-electron chi connectivity index (χ4n) is 2.17. The van der Waals surface area contributed by atoms with Crippen LogP contribution in [0.15, 0.2) is 60.7 Å². The first-order chi connectivity index (χ1) is 10.8. The zero-order chi connectivity index (χ0) is 15.4. The highest BCUT2D eigenvalue weighted by molar-refractivity contribution is 5.88. The largest absolute Gasteiger partial charge is 0.298 e. The van der Waals surface area contributed by atoms with Crippen LogP contribution < -0.4 is 9.78 Å². The Kier molecular flexibility index (Phi) is 3.83. The van der Waals surface area contributed by atoms with Gasteiger partial charge in [-0.1, -0.05) is 36.4 Å². The van der Waals surface area contributed by atoms with Crippen LogP contribution in [0.25, 0.3) is 10.8 Å². The molecule has 0 aromatic heterocycles. The summed E-state index contributed by atoms with van der Waals surface area (Å²) in [7, 11) is 0. The van der Waals surface area contributed by atoms with E-state index in [0.717, 1.165) is 10.8 Å². The predicted molar refractivity (Wildman–Crippen MR) is 82.4 cm³/mol. The van der Waals surface area contributed by atoms with E-state index in [2.05, 4.69) is 0 Å². The van der Waals surface area contributed by atoms with Gasteiger partial charge in [0.1, 0.15) is 6.29 Å². The number of carbonyl (C=O) groups is 2. The standard InChI is InChI=1S/C18H12O4/c19-11-13-8-9-17(15(10-13)12-20)21-22-18-7-3-5-14-4-1-2-6-16(14)18/h1-12H. The van der Waals surface area contributed by atoms with E-state index in [1.807, 2.05) is 36.4 Å². The van der Waals surface area contributed by atoms with Crippen molar-refractivity contribution in [1.29, 1.82) is 0 Å². The van der Waals surface area contributed by atoms with E-state index in [0.29, 0.717) is 23.9 Å². The number of hydrogen-bond acceptors (Lipinski definition) is 4. The quantitative estimate of drug-likeness (QED) is 0.407. The van der Waals surface area contributed by atoms with Gasteiger partial charge in [-0.05, 0) is 29.7 Å². The average molecular weight is 292 g/mol. The molecule has 4 nitrogen and oxygen atoms in total. The normalized spacial score (nSPS) is 10.2. The van der Waals surface area contributed by atoms with Gasteiger partial charge in [-0.15, -0.1) is 0 Å². The van der Waals surface area contributed by atoms with Gasteiger partial charge >= 0.3 is 0 Å². The molecule has 0 unspecified atom stereocenters. The Balaban J connectivity index is 1.88. The highest BCUT2D eigenvalue weighted by Gasteiger charge is 2.08. The van der Waals surface area contributed by atoms with Gasteiger partial charge in [0.15, 0.2) is 17.8 Å². The Bertz CT molecular complexity index is 834. The minimum Gasteiger partial charge on any atom is -0.298 e. The molecule has 0 bridgehead atoms. The van der Waals surface area contributed by atoms with Gasteiger partial charge in [0, 0.05) is 10.9 Å². The third-order valence-corrected chi connectivity index (χ3v) is 3.27. The third kappa shape index (κ3) is 2.67. The number of aldehydes is 2. The Morgan fingerprint density at radius 2 is 1.50 bits per heavy atom. The molecule has 0 heterocycles. The van der Waals surface area contributed by atoms with Gasteiger partial charge in [0.05, 0.1) is 5.56 Å². The molecule has 0 fully saturated rings. The summed E-state index contributed by atoms with van der Waals surface area (Å²) in [5, 5.41) is 1.93. The molecule has 0 saturated carbocycles. The van der Waals surface area contributed by atoms with Crippen molar-refractivity contribution >= 4 is 23.3 Å². The number of carbonyl (C=O) groups excluding carboxylic acids is 2. The van der Waals surface area contributed by atoms with Crippen LogP contribution in [0.4, 0.5) is 0 Å². The van der Waals surface area contributed by atoms with Gasteiger partial charge in [-0.2, -0.15) is 0 Å². The topological polar surface area (TPSA) is 52.6 Å². The summed E-state index contributed by atoms with van der Waals surface area (Å²) < 4.78 is 0. The summed E-state index contributed by atoms with van der Waals surface area (Å²) in [4.78, 5) is 32.4. The molecule has 0 aliphatic carbocycles. The molecule has 0 N–H and O–H groups in total. The van der Waals surface area contributed by atoms with Crippen molar-refractivity contribution in [1.82, 2.24) is 0 Å².